The van der Waals surface area contributed by atoms with Gasteiger partial charge in [-0.1, -0.05) is 13.8 Å². The molecule has 3 rings (SSSR count). The highest BCUT2D eigenvalue weighted by Crippen LogP contribution is 2.28. The van der Waals surface area contributed by atoms with Crippen LogP contribution in [0.5, 0.6) is 0 Å². The zero-order chi connectivity index (χ0) is 19.6. The lowest BCUT2D eigenvalue weighted by Gasteiger charge is -2.31. The van der Waals surface area contributed by atoms with Crippen LogP contribution in [0.2, 0.25) is 0 Å². The standard InChI is InChI=1S/C20H28FN5O/c1-13(2)12-26-20(27)19(25-8-6-23-7-9-25)14(3)18(24-26)15-4-5-17(21)16(10-15)11-22/h4-5,10,13,23H,6-9,11-12,22H2,1-3H3. The number of piperazine rings is 1. The monoisotopic (exact) mass is 373 g/mol. The Balaban J connectivity index is 2.19. The predicted molar refractivity (Wildman–Crippen MR) is 106 cm³/mol. The van der Waals surface area contributed by atoms with Crippen LogP contribution in [0.3, 0.4) is 0 Å². The molecule has 3 N–H and O–H groups in total. The molecule has 0 aliphatic carbocycles. The Labute approximate surface area is 159 Å². The number of nitrogens with one attached hydrogen (secondary N) is 1. The smallest absolute Gasteiger partial charge is 0.290 e. The summed E-state index contributed by atoms with van der Waals surface area (Å²) >= 11 is 0. The molecule has 0 saturated carbocycles. The minimum absolute atomic E-state index is 0.0620. The normalized spacial score (nSPS) is 14.8. The molecule has 1 aromatic heterocycles. The fourth-order valence-corrected chi connectivity index (χ4v) is 3.52. The van der Waals surface area contributed by atoms with Crippen molar-refractivity contribution in [3.63, 3.8) is 0 Å². The molecule has 1 fully saturated rings. The fourth-order valence-electron chi connectivity index (χ4n) is 3.52. The van der Waals surface area contributed by atoms with Crippen LogP contribution in [-0.2, 0) is 13.1 Å². The van der Waals surface area contributed by atoms with Crippen molar-refractivity contribution in [2.24, 2.45) is 11.7 Å². The third-order valence-corrected chi connectivity index (χ3v) is 4.88. The van der Waals surface area contributed by atoms with Crippen LogP contribution in [0.1, 0.15) is 25.0 Å². The van der Waals surface area contributed by atoms with Gasteiger partial charge in [-0.05, 0) is 31.0 Å². The lowest BCUT2D eigenvalue weighted by atomic mass is 10.0. The number of rotatable bonds is 5. The molecule has 0 bridgehead atoms. The minimum atomic E-state index is -0.322. The van der Waals surface area contributed by atoms with Crippen molar-refractivity contribution in [1.82, 2.24) is 15.1 Å². The molecule has 0 amide bonds. The number of hydrogen-bond acceptors (Lipinski definition) is 5. The number of benzene rings is 1. The maximum atomic E-state index is 13.9. The topological polar surface area (TPSA) is 76.2 Å². The van der Waals surface area contributed by atoms with Gasteiger partial charge < -0.3 is 16.0 Å². The van der Waals surface area contributed by atoms with Gasteiger partial charge in [0.25, 0.3) is 5.56 Å². The quantitative estimate of drug-likeness (QED) is 0.837. The molecule has 146 valence electrons. The highest BCUT2D eigenvalue weighted by Gasteiger charge is 2.22. The molecular weight excluding hydrogens is 345 g/mol. The van der Waals surface area contributed by atoms with Crippen LogP contribution in [0.4, 0.5) is 10.1 Å². The molecule has 1 aromatic carbocycles. The number of anilines is 1. The number of aromatic nitrogens is 2. The summed E-state index contributed by atoms with van der Waals surface area (Å²) in [6, 6.07) is 4.85. The summed E-state index contributed by atoms with van der Waals surface area (Å²) in [5.41, 5.74) is 9.07. The highest BCUT2D eigenvalue weighted by atomic mass is 19.1. The molecule has 0 radical (unpaired) electrons. The van der Waals surface area contributed by atoms with Crippen LogP contribution in [0.15, 0.2) is 23.0 Å². The first-order valence-corrected chi connectivity index (χ1v) is 9.48. The zero-order valence-corrected chi connectivity index (χ0v) is 16.3. The summed E-state index contributed by atoms with van der Waals surface area (Å²) in [6.45, 7) is 9.93. The van der Waals surface area contributed by atoms with E-state index < -0.39 is 0 Å². The SMILES string of the molecule is Cc1c(-c2ccc(F)c(CN)c2)nn(CC(C)C)c(=O)c1N1CCNCC1. The third kappa shape index (κ3) is 4.04. The maximum Gasteiger partial charge on any atom is 0.290 e. The third-order valence-electron chi connectivity index (χ3n) is 4.88. The van der Waals surface area contributed by atoms with E-state index in [1.165, 1.54) is 6.07 Å². The van der Waals surface area contributed by atoms with E-state index in [1.54, 1.807) is 16.8 Å². The minimum Gasteiger partial charge on any atom is -0.364 e. The van der Waals surface area contributed by atoms with E-state index in [9.17, 15) is 9.18 Å². The second-order valence-corrected chi connectivity index (χ2v) is 7.45. The molecule has 1 aliphatic rings. The van der Waals surface area contributed by atoms with Gasteiger partial charge in [-0.25, -0.2) is 9.07 Å². The number of hydrogen-bond donors (Lipinski definition) is 2. The molecule has 6 nitrogen and oxygen atoms in total. The lowest BCUT2D eigenvalue weighted by molar-refractivity contribution is 0.462. The fraction of sp³-hybridized carbons (Fsp3) is 0.500. The summed E-state index contributed by atoms with van der Waals surface area (Å²) in [5, 5.41) is 7.96. The van der Waals surface area contributed by atoms with Crippen molar-refractivity contribution >= 4 is 5.69 Å². The second-order valence-electron chi connectivity index (χ2n) is 7.45. The van der Waals surface area contributed by atoms with Crippen molar-refractivity contribution in [3.05, 3.63) is 45.5 Å². The Hall–Kier alpha value is -2.25. The van der Waals surface area contributed by atoms with Crippen LogP contribution in [0, 0.1) is 18.7 Å². The van der Waals surface area contributed by atoms with Crippen molar-refractivity contribution in [3.8, 4) is 11.3 Å². The first-order chi connectivity index (χ1) is 12.9. The Kier molecular flexibility index (Phi) is 5.92. The van der Waals surface area contributed by atoms with Gasteiger partial charge in [-0.2, -0.15) is 5.10 Å². The van der Waals surface area contributed by atoms with Crippen molar-refractivity contribution in [2.45, 2.75) is 33.9 Å². The van der Waals surface area contributed by atoms with Crippen molar-refractivity contribution < 1.29 is 4.39 Å². The summed E-state index contributed by atoms with van der Waals surface area (Å²) in [4.78, 5) is 15.3. The Morgan fingerprint density at radius 3 is 2.63 bits per heavy atom. The van der Waals surface area contributed by atoms with Gasteiger partial charge in [0.1, 0.15) is 11.5 Å². The molecule has 1 aliphatic heterocycles. The van der Waals surface area contributed by atoms with Gasteiger partial charge in [0, 0.05) is 56.0 Å². The zero-order valence-electron chi connectivity index (χ0n) is 16.3. The Bertz CT molecular complexity index is 871. The van der Waals surface area contributed by atoms with Crippen LogP contribution < -0.4 is 21.5 Å². The Morgan fingerprint density at radius 1 is 1.30 bits per heavy atom. The van der Waals surface area contributed by atoms with E-state index in [4.69, 9.17) is 5.73 Å². The molecule has 7 heteroatoms. The molecule has 0 spiro atoms. The first-order valence-electron chi connectivity index (χ1n) is 9.48. The summed E-state index contributed by atoms with van der Waals surface area (Å²) in [6.07, 6.45) is 0. The average Bonchev–Trinajstić information content (AvgIpc) is 2.65. The van der Waals surface area contributed by atoms with Crippen LogP contribution in [0.25, 0.3) is 11.3 Å². The molecule has 1 saturated heterocycles. The summed E-state index contributed by atoms with van der Waals surface area (Å²) in [7, 11) is 0. The van der Waals surface area contributed by atoms with E-state index in [-0.39, 0.29) is 23.8 Å². The summed E-state index contributed by atoms with van der Waals surface area (Å²) < 4.78 is 15.5. The average molecular weight is 373 g/mol. The highest BCUT2D eigenvalue weighted by molar-refractivity contribution is 5.70. The number of nitrogens with zero attached hydrogens (tertiary/aromatic N) is 3. The lowest BCUT2D eigenvalue weighted by Crippen LogP contribution is -2.47. The van der Waals surface area contributed by atoms with E-state index >= 15 is 0 Å². The molecule has 0 atom stereocenters. The van der Waals surface area contributed by atoms with Gasteiger partial charge in [-0.15, -0.1) is 0 Å². The molecule has 2 aromatic rings. The first kappa shape index (κ1) is 19.5. The van der Waals surface area contributed by atoms with Gasteiger partial charge in [0.15, 0.2) is 0 Å². The maximum absolute atomic E-state index is 13.9. The van der Waals surface area contributed by atoms with E-state index in [1.807, 2.05) is 6.92 Å². The largest absolute Gasteiger partial charge is 0.364 e. The molecular formula is C20H28FN5O. The van der Waals surface area contributed by atoms with Gasteiger partial charge in [0.05, 0.1) is 5.69 Å². The molecule has 2 heterocycles. The van der Waals surface area contributed by atoms with Crippen molar-refractivity contribution in [1.29, 1.82) is 0 Å². The van der Waals surface area contributed by atoms with Crippen LogP contribution >= 0.6 is 0 Å². The van der Waals surface area contributed by atoms with E-state index in [2.05, 4.69) is 29.2 Å². The van der Waals surface area contributed by atoms with E-state index in [0.717, 1.165) is 37.3 Å². The molecule has 0 unspecified atom stereocenters. The number of halogens is 1. The molecule has 27 heavy (non-hydrogen) atoms. The van der Waals surface area contributed by atoms with Gasteiger partial charge in [0.2, 0.25) is 0 Å². The Morgan fingerprint density at radius 2 is 2.00 bits per heavy atom. The van der Waals surface area contributed by atoms with E-state index in [0.29, 0.717) is 23.5 Å². The van der Waals surface area contributed by atoms with Crippen molar-refractivity contribution in [2.75, 3.05) is 31.1 Å². The van der Waals surface area contributed by atoms with Gasteiger partial charge >= 0.3 is 0 Å². The van der Waals surface area contributed by atoms with Gasteiger partial charge in [-0.3, -0.25) is 4.79 Å². The number of nitrogens with two attached hydrogens (primary N) is 1. The summed E-state index contributed by atoms with van der Waals surface area (Å²) in [5.74, 6) is -0.0359. The second kappa shape index (κ2) is 8.19. The van der Waals surface area contributed by atoms with Crippen LogP contribution in [-0.4, -0.2) is 36.0 Å². The predicted octanol–water partition coefficient (Wildman–Crippen LogP) is 1.88.